The number of carbonyl (C=O) groups is 1. The van der Waals surface area contributed by atoms with Crippen molar-refractivity contribution in [2.75, 3.05) is 13.1 Å². The van der Waals surface area contributed by atoms with Gasteiger partial charge in [0.05, 0.1) is 5.02 Å². The van der Waals surface area contributed by atoms with Crippen molar-refractivity contribution in [2.24, 2.45) is 0 Å². The van der Waals surface area contributed by atoms with Gasteiger partial charge in [0.15, 0.2) is 0 Å². The SMILES string of the molecule is O=C(NCCNC1CC1)c1ccc(Cl)cn1. The Labute approximate surface area is 99.4 Å². The van der Waals surface area contributed by atoms with Gasteiger partial charge in [0, 0.05) is 25.3 Å². The van der Waals surface area contributed by atoms with E-state index in [-0.39, 0.29) is 5.91 Å². The molecule has 4 nitrogen and oxygen atoms in total. The van der Waals surface area contributed by atoms with Gasteiger partial charge in [-0.2, -0.15) is 0 Å². The lowest BCUT2D eigenvalue weighted by atomic mass is 10.3. The molecule has 1 aliphatic rings. The molecular weight excluding hydrogens is 226 g/mol. The molecule has 0 aromatic carbocycles. The zero-order valence-corrected chi connectivity index (χ0v) is 9.63. The van der Waals surface area contributed by atoms with Crippen LogP contribution in [0.1, 0.15) is 23.3 Å². The van der Waals surface area contributed by atoms with Gasteiger partial charge in [-0.15, -0.1) is 0 Å². The Morgan fingerprint density at radius 3 is 2.88 bits per heavy atom. The predicted molar refractivity (Wildman–Crippen MR) is 62.6 cm³/mol. The molecule has 1 fully saturated rings. The number of nitrogens with one attached hydrogen (secondary N) is 2. The van der Waals surface area contributed by atoms with Crippen LogP contribution < -0.4 is 10.6 Å². The predicted octanol–water partition coefficient (Wildman–Crippen LogP) is 1.22. The molecule has 1 aromatic heterocycles. The minimum atomic E-state index is -0.158. The minimum Gasteiger partial charge on any atom is -0.349 e. The largest absolute Gasteiger partial charge is 0.349 e. The summed E-state index contributed by atoms with van der Waals surface area (Å²) in [6.45, 7) is 1.43. The van der Waals surface area contributed by atoms with Crippen LogP contribution in [0.5, 0.6) is 0 Å². The van der Waals surface area contributed by atoms with Gasteiger partial charge in [0.25, 0.3) is 5.91 Å². The summed E-state index contributed by atoms with van der Waals surface area (Å²) in [5.41, 5.74) is 0.399. The van der Waals surface area contributed by atoms with Crippen LogP contribution in [0.25, 0.3) is 0 Å². The zero-order valence-electron chi connectivity index (χ0n) is 8.87. The lowest BCUT2D eigenvalue weighted by Gasteiger charge is -2.05. The second-order valence-corrected chi connectivity index (χ2v) is 4.28. The molecule has 0 atom stereocenters. The second-order valence-electron chi connectivity index (χ2n) is 3.85. The van der Waals surface area contributed by atoms with E-state index in [9.17, 15) is 4.79 Å². The first-order valence-electron chi connectivity index (χ1n) is 5.39. The highest BCUT2D eigenvalue weighted by atomic mass is 35.5. The van der Waals surface area contributed by atoms with Crippen LogP contribution in [-0.2, 0) is 0 Å². The molecule has 1 amide bonds. The van der Waals surface area contributed by atoms with Crippen LogP contribution in [0.15, 0.2) is 18.3 Å². The molecule has 2 rings (SSSR count). The highest BCUT2D eigenvalue weighted by Gasteiger charge is 2.19. The summed E-state index contributed by atoms with van der Waals surface area (Å²) in [4.78, 5) is 15.5. The van der Waals surface area contributed by atoms with E-state index in [0.717, 1.165) is 6.54 Å². The molecule has 0 radical (unpaired) electrons. The Morgan fingerprint density at radius 2 is 2.25 bits per heavy atom. The summed E-state index contributed by atoms with van der Waals surface area (Å²) in [5, 5.41) is 6.65. The highest BCUT2D eigenvalue weighted by Crippen LogP contribution is 2.17. The maximum Gasteiger partial charge on any atom is 0.269 e. The number of rotatable bonds is 5. The second kappa shape index (κ2) is 5.27. The highest BCUT2D eigenvalue weighted by molar-refractivity contribution is 6.30. The fraction of sp³-hybridized carbons (Fsp3) is 0.455. The van der Waals surface area contributed by atoms with E-state index < -0.39 is 0 Å². The van der Waals surface area contributed by atoms with Crippen molar-refractivity contribution in [3.05, 3.63) is 29.0 Å². The molecule has 0 spiro atoms. The first-order chi connectivity index (χ1) is 7.75. The molecule has 0 aliphatic heterocycles. The maximum atomic E-state index is 11.6. The van der Waals surface area contributed by atoms with Crippen molar-refractivity contribution < 1.29 is 4.79 Å². The molecule has 1 heterocycles. The van der Waals surface area contributed by atoms with Crippen molar-refractivity contribution >= 4 is 17.5 Å². The molecule has 1 aliphatic carbocycles. The van der Waals surface area contributed by atoms with Crippen molar-refractivity contribution in [2.45, 2.75) is 18.9 Å². The van der Waals surface area contributed by atoms with Crippen molar-refractivity contribution in [1.82, 2.24) is 15.6 Å². The van der Waals surface area contributed by atoms with Crippen molar-refractivity contribution in [3.8, 4) is 0 Å². The van der Waals surface area contributed by atoms with Crippen LogP contribution in [0.4, 0.5) is 0 Å². The number of amides is 1. The Bertz CT molecular complexity index is 362. The van der Waals surface area contributed by atoms with Gasteiger partial charge in [-0.1, -0.05) is 11.6 Å². The molecule has 1 aromatic rings. The van der Waals surface area contributed by atoms with Crippen LogP contribution >= 0.6 is 11.6 Å². The third-order valence-electron chi connectivity index (χ3n) is 2.38. The Morgan fingerprint density at radius 1 is 1.44 bits per heavy atom. The van der Waals surface area contributed by atoms with Gasteiger partial charge in [0.1, 0.15) is 5.69 Å². The summed E-state index contributed by atoms with van der Waals surface area (Å²) in [5.74, 6) is -0.158. The van der Waals surface area contributed by atoms with Crippen LogP contribution in [0, 0.1) is 0 Å². The van der Waals surface area contributed by atoms with Crippen LogP contribution in [0.2, 0.25) is 5.02 Å². The Balaban J connectivity index is 1.71. The summed E-state index contributed by atoms with van der Waals surface area (Å²) >= 11 is 5.68. The summed E-state index contributed by atoms with van der Waals surface area (Å²) in [6, 6.07) is 3.95. The van der Waals surface area contributed by atoms with E-state index in [1.54, 1.807) is 12.1 Å². The fourth-order valence-electron chi connectivity index (χ4n) is 1.34. The Hall–Kier alpha value is -1.13. The van der Waals surface area contributed by atoms with Gasteiger partial charge in [0.2, 0.25) is 0 Å². The summed E-state index contributed by atoms with van der Waals surface area (Å²) in [7, 11) is 0. The minimum absolute atomic E-state index is 0.158. The average Bonchev–Trinajstić information content (AvgIpc) is 3.09. The fourth-order valence-corrected chi connectivity index (χ4v) is 1.45. The van der Waals surface area contributed by atoms with Gasteiger partial charge in [-0.3, -0.25) is 4.79 Å². The average molecular weight is 240 g/mol. The van der Waals surface area contributed by atoms with Gasteiger partial charge < -0.3 is 10.6 Å². The zero-order chi connectivity index (χ0) is 11.4. The molecule has 16 heavy (non-hydrogen) atoms. The van der Waals surface area contributed by atoms with Crippen LogP contribution in [0.3, 0.4) is 0 Å². The molecule has 1 saturated carbocycles. The van der Waals surface area contributed by atoms with Gasteiger partial charge in [-0.05, 0) is 25.0 Å². The van der Waals surface area contributed by atoms with Gasteiger partial charge in [-0.25, -0.2) is 4.98 Å². The Kier molecular flexibility index (Phi) is 3.74. The van der Waals surface area contributed by atoms with E-state index in [1.165, 1.54) is 19.0 Å². The third-order valence-corrected chi connectivity index (χ3v) is 2.60. The molecule has 0 saturated heterocycles. The molecular formula is C11H14ClN3O. The molecule has 86 valence electrons. The topological polar surface area (TPSA) is 54.0 Å². The number of hydrogen-bond acceptors (Lipinski definition) is 3. The van der Waals surface area contributed by atoms with Crippen molar-refractivity contribution in [1.29, 1.82) is 0 Å². The molecule has 2 N–H and O–H groups in total. The van der Waals surface area contributed by atoms with Crippen molar-refractivity contribution in [3.63, 3.8) is 0 Å². The first kappa shape index (κ1) is 11.4. The number of aromatic nitrogens is 1. The molecule has 0 unspecified atom stereocenters. The third kappa shape index (κ3) is 3.47. The van der Waals surface area contributed by atoms with E-state index in [2.05, 4.69) is 15.6 Å². The smallest absolute Gasteiger partial charge is 0.269 e. The van der Waals surface area contributed by atoms with Crippen LogP contribution in [-0.4, -0.2) is 30.0 Å². The first-order valence-corrected chi connectivity index (χ1v) is 5.76. The number of halogens is 1. The summed E-state index contributed by atoms with van der Waals surface area (Å²) < 4.78 is 0. The normalized spacial score (nSPS) is 14.8. The standard InChI is InChI=1S/C11H14ClN3O/c12-8-1-4-10(15-7-8)11(16)14-6-5-13-9-2-3-9/h1,4,7,9,13H,2-3,5-6H2,(H,14,16). The number of hydrogen-bond donors (Lipinski definition) is 2. The summed E-state index contributed by atoms with van der Waals surface area (Å²) in [6.07, 6.45) is 3.98. The maximum absolute atomic E-state index is 11.6. The monoisotopic (exact) mass is 239 g/mol. The number of pyridine rings is 1. The number of nitrogens with zero attached hydrogens (tertiary/aromatic N) is 1. The van der Waals surface area contributed by atoms with Gasteiger partial charge >= 0.3 is 0 Å². The van der Waals surface area contributed by atoms with E-state index in [0.29, 0.717) is 23.3 Å². The lowest BCUT2D eigenvalue weighted by Crippen LogP contribution is -2.33. The lowest BCUT2D eigenvalue weighted by molar-refractivity contribution is 0.0949. The quantitative estimate of drug-likeness (QED) is 0.760. The van der Waals surface area contributed by atoms with E-state index >= 15 is 0 Å². The molecule has 0 bridgehead atoms. The number of carbonyl (C=O) groups excluding carboxylic acids is 1. The van der Waals surface area contributed by atoms with E-state index in [4.69, 9.17) is 11.6 Å². The molecule has 5 heteroatoms. The van der Waals surface area contributed by atoms with E-state index in [1.807, 2.05) is 0 Å².